The molecule has 0 bridgehead atoms. The van der Waals surface area contributed by atoms with Gasteiger partial charge in [-0.1, -0.05) is 11.6 Å². The molecule has 2 nitrogen and oxygen atoms in total. The lowest BCUT2D eigenvalue weighted by Gasteiger charge is -2.05. The Morgan fingerprint density at radius 1 is 0.867 bits per heavy atom. The van der Waals surface area contributed by atoms with Crippen LogP contribution in [-0.4, -0.2) is 8.42 Å². The minimum Gasteiger partial charge on any atom is -0.207 e. The Labute approximate surface area is 90.8 Å². The van der Waals surface area contributed by atoms with Crippen LogP contribution in [0, 0.1) is 23.3 Å². The van der Waals surface area contributed by atoms with E-state index in [0.29, 0.717) is 0 Å². The first-order chi connectivity index (χ1) is 6.68. The first-order valence-corrected chi connectivity index (χ1v) is 5.82. The van der Waals surface area contributed by atoms with Crippen molar-refractivity contribution in [2.75, 3.05) is 0 Å². The molecule has 0 radical (unpaired) electrons. The van der Waals surface area contributed by atoms with Crippen molar-refractivity contribution in [3.63, 3.8) is 0 Å². The molecule has 84 valence electrons. The molecule has 0 saturated carbocycles. The molecule has 1 aromatic carbocycles. The fraction of sp³-hybridized carbons (Fsp3) is 0. The molecule has 0 spiro atoms. The Bertz CT molecular complexity index is 499. The van der Waals surface area contributed by atoms with Gasteiger partial charge in [0, 0.05) is 10.7 Å². The van der Waals surface area contributed by atoms with Gasteiger partial charge in [0.2, 0.25) is 0 Å². The van der Waals surface area contributed by atoms with Crippen LogP contribution in [0.2, 0.25) is 5.02 Å². The smallest absolute Gasteiger partial charge is 0.207 e. The van der Waals surface area contributed by atoms with Crippen LogP contribution in [0.15, 0.2) is 4.90 Å². The van der Waals surface area contributed by atoms with Crippen molar-refractivity contribution < 1.29 is 26.0 Å². The van der Waals surface area contributed by atoms with Gasteiger partial charge in [-0.15, -0.1) is 0 Å². The van der Waals surface area contributed by atoms with E-state index in [2.05, 4.69) is 10.7 Å². The number of halogens is 6. The van der Waals surface area contributed by atoms with Gasteiger partial charge < -0.3 is 0 Å². The van der Waals surface area contributed by atoms with Gasteiger partial charge in [-0.3, -0.25) is 0 Å². The summed E-state index contributed by atoms with van der Waals surface area (Å²) in [6, 6.07) is 0. The summed E-state index contributed by atoms with van der Waals surface area (Å²) in [7, 11) is -0.361. The van der Waals surface area contributed by atoms with Crippen molar-refractivity contribution in [3.8, 4) is 0 Å². The highest BCUT2D eigenvalue weighted by Crippen LogP contribution is 2.31. The predicted octanol–water partition coefficient (Wildman–Crippen LogP) is 2.82. The van der Waals surface area contributed by atoms with E-state index in [-0.39, 0.29) is 0 Å². The fourth-order valence-electron chi connectivity index (χ4n) is 0.799. The molecule has 0 atom stereocenters. The van der Waals surface area contributed by atoms with Crippen LogP contribution in [0.5, 0.6) is 0 Å². The van der Waals surface area contributed by atoms with Crippen LogP contribution < -0.4 is 0 Å². The summed E-state index contributed by atoms with van der Waals surface area (Å²) in [4.78, 5) is -1.90. The van der Waals surface area contributed by atoms with Crippen molar-refractivity contribution >= 4 is 31.3 Å². The standard InChI is InChI=1S/C6Cl2F4O2S/c7-1-2(9)4(11)6(15(8,13)14)5(12)3(1)10. The SMILES string of the molecule is O=S(=O)(Cl)c1c(F)c(F)c(Cl)c(F)c1F. The van der Waals surface area contributed by atoms with Crippen LogP contribution in [0.3, 0.4) is 0 Å². The number of hydrogen-bond donors (Lipinski definition) is 0. The zero-order valence-corrected chi connectivity index (χ0v) is 8.82. The zero-order chi connectivity index (χ0) is 12.0. The highest BCUT2D eigenvalue weighted by molar-refractivity contribution is 8.13. The summed E-state index contributed by atoms with van der Waals surface area (Å²) in [6.45, 7) is 0. The van der Waals surface area contributed by atoms with Crippen molar-refractivity contribution in [2.24, 2.45) is 0 Å². The van der Waals surface area contributed by atoms with Gasteiger partial charge in [-0.2, -0.15) is 0 Å². The second kappa shape index (κ2) is 3.80. The van der Waals surface area contributed by atoms with E-state index in [9.17, 15) is 26.0 Å². The molecule has 0 saturated heterocycles. The van der Waals surface area contributed by atoms with E-state index in [0.717, 1.165) is 0 Å². The molecule has 0 aliphatic rings. The predicted molar refractivity (Wildman–Crippen MR) is 44.3 cm³/mol. The van der Waals surface area contributed by atoms with Gasteiger partial charge in [0.15, 0.2) is 28.2 Å². The molecular formula is C6Cl2F4O2S. The van der Waals surface area contributed by atoms with Gasteiger partial charge in [-0.25, -0.2) is 26.0 Å². The molecule has 15 heavy (non-hydrogen) atoms. The minimum absolute atomic E-state index is 1.48. The number of benzene rings is 1. The Balaban J connectivity index is 3.84. The zero-order valence-electron chi connectivity index (χ0n) is 6.49. The van der Waals surface area contributed by atoms with E-state index < -0.39 is 42.2 Å². The van der Waals surface area contributed by atoms with E-state index >= 15 is 0 Å². The molecule has 0 amide bonds. The van der Waals surface area contributed by atoms with Crippen LogP contribution in [-0.2, 0) is 9.05 Å². The Hall–Kier alpha value is -0.530. The largest absolute Gasteiger partial charge is 0.267 e. The monoisotopic (exact) mass is 282 g/mol. The second-order valence-electron chi connectivity index (χ2n) is 2.34. The summed E-state index contributed by atoms with van der Waals surface area (Å²) in [5, 5.41) is -1.48. The average Bonchev–Trinajstić information content (AvgIpc) is 2.09. The first kappa shape index (κ1) is 12.5. The molecule has 0 aliphatic heterocycles. The van der Waals surface area contributed by atoms with Crippen molar-refractivity contribution in [1.29, 1.82) is 0 Å². The normalized spacial score (nSPS) is 11.9. The topological polar surface area (TPSA) is 34.1 Å². The second-order valence-corrected chi connectivity index (χ2v) is 5.22. The summed E-state index contributed by atoms with van der Waals surface area (Å²) in [5.41, 5.74) is 0. The molecule has 0 N–H and O–H groups in total. The lowest BCUT2D eigenvalue weighted by Crippen LogP contribution is -2.06. The lowest BCUT2D eigenvalue weighted by molar-refractivity contribution is 0.421. The number of hydrogen-bond acceptors (Lipinski definition) is 2. The van der Waals surface area contributed by atoms with Gasteiger partial charge in [-0.05, 0) is 0 Å². The molecule has 0 heterocycles. The van der Waals surface area contributed by atoms with E-state index in [1.54, 1.807) is 0 Å². The van der Waals surface area contributed by atoms with Crippen LogP contribution in [0.25, 0.3) is 0 Å². The average molecular weight is 283 g/mol. The molecule has 0 aromatic heterocycles. The van der Waals surface area contributed by atoms with E-state index in [1.807, 2.05) is 0 Å². The minimum atomic E-state index is -4.94. The third-order valence-corrected chi connectivity index (χ3v) is 3.05. The first-order valence-electron chi connectivity index (χ1n) is 3.14. The van der Waals surface area contributed by atoms with Crippen molar-refractivity contribution in [3.05, 3.63) is 28.3 Å². The van der Waals surface area contributed by atoms with Gasteiger partial charge in [0.25, 0.3) is 9.05 Å². The highest BCUT2D eigenvalue weighted by Gasteiger charge is 2.31. The molecule has 0 unspecified atom stereocenters. The van der Waals surface area contributed by atoms with Crippen LogP contribution >= 0.6 is 22.3 Å². The molecule has 1 rings (SSSR count). The Kier molecular flexibility index (Phi) is 3.18. The van der Waals surface area contributed by atoms with Crippen molar-refractivity contribution in [1.82, 2.24) is 0 Å². The summed E-state index contributed by atoms with van der Waals surface area (Å²) >= 11 is 4.84. The fourth-order valence-corrected chi connectivity index (χ4v) is 1.98. The van der Waals surface area contributed by atoms with E-state index in [1.165, 1.54) is 0 Å². The van der Waals surface area contributed by atoms with Crippen molar-refractivity contribution in [2.45, 2.75) is 4.90 Å². The lowest BCUT2D eigenvalue weighted by atomic mass is 10.3. The maximum absolute atomic E-state index is 12.9. The summed E-state index contributed by atoms with van der Waals surface area (Å²) < 4.78 is 72.4. The van der Waals surface area contributed by atoms with Gasteiger partial charge in [0.05, 0.1) is 0 Å². The number of rotatable bonds is 1. The molecule has 0 aliphatic carbocycles. The summed E-state index contributed by atoms with van der Waals surface area (Å²) in [5.74, 6) is -8.35. The third kappa shape index (κ3) is 2.04. The highest BCUT2D eigenvalue weighted by atomic mass is 35.7. The Morgan fingerprint density at radius 3 is 1.47 bits per heavy atom. The quantitative estimate of drug-likeness (QED) is 0.344. The maximum Gasteiger partial charge on any atom is 0.267 e. The van der Waals surface area contributed by atoms with Crippen LogP contribution in [0.4, 0.5) is 17.6 Å². The summed E-state index contributed by atoms with van der Waals surface area (Å²) in [6.07, 6.45) is 0. The molecular weight excluding hydrogens is 283 g/mol. The van der Waals surface area contributed by atoms with Crippen LogP contribution in [0.1, 0.15) is 0 Å². The molecule has 1 aromatic rings. The molecule has 0 fully saturated rings. The third-order valence-electron chi connectivity index (χ3n) is 1.41. The molecule has 9 heteroatoms. The van der Waals surface area contributed by atoms with Gasteiger partial charge >= 0.3 is 0 Å². The van der Waals surface area contributed by atoms with E-state index in [4.69, 9.17) is 11.6 Å². The van der Waals surface area contributed by atoms with Gasteiger partial charge in [0.1, 0.15) is 5.02 Å². The Morgan fingerprint density at radius 2 is 1.20 bits per heavy atom. The maximum atomic E-state index is 12.9.